The van der Waals surface area contributed by atoms with E-state index in [9.17, 15) is 9.59 Å². The van der Waals surface area contributed by atoms with Crippen LogP contribution in [0.2, 0.25) is 0 Å². The second kappa shape index (κ2) is 5.01. The zero-order valence-corrected chi connectivity index (χ0v) is 10.1. The molecule has 0 spiro atoms. The fourth-order valence-electron chi connectivity index (χ4n) is 1.62. The van der Waals surface area contributed by atoms with E-state index in [0.717, 1.165) is 15.6 Å². The first-order chi connectivity index (χ1) is 8.58. The van der Waals surface area contributed by atoms with Crippen molar-refractivity contribution in [2.24, 2.45) is 0 Å². The van der Waals surface area contributed by atoms with E-state index in [4.69, 9.17) is 10.2 Å². The lowest BCUT2D eigenvalue weighted by Gasteiger charge is -1.95. The third-order valence-electron chi connectivity index (χ3n) is 2.40. The first-order valence-corrected chi connectivity index (χ1v) is 6.04. The highest BCUT2D eigenvalue weighted by atomic mass is 32.1. The number of carbonyl (C=O) groups is 2. The average Bonchev–Trinajstić information content (AvgIpc) is 2.73. The van der Waals surface area contributed by atoms with Crippen LogP contribution in [0.4, 0.5) is 0 Å². The zero-order valence-electron chi connectivity index (χ0n) is 9.29. The minimum absolute atomic E-state index is 0.0493. The van der Waals surface area contributed by atoms with Crippen molar-refractivity contribution in [3.63, 3.8) is 0 Å². The molecule has 0 atom stereocenters. The van der Waals surface area contributed by atoms with E-state index in [-0.39, 0.29) is 11.3 Å². The fraction of sp³-hybridized carbons (Fsp3) is 0.0769. The lowest BCUT2D eigenvalue weighted by atomic mass is 10.1. The second-order valence-corrected chi connectivity index (χ2v) is 4.76. The third kappa shape index (κ3) is 2.57. The van der Waals surface area contributed by atoms with Gasteiger partial charge in [0.15, 0.2) is 0 Å². The van der Waals surface area contributed by atoms with Gasteiger partial charge in [-0.15, -0.1) is 11.3 Å². The summed E-state index contributed by atoms with van der Waals surface area (Å²) in [6.45, 7) is 0. The topological polar surface area (TPSA) is 74.6 Å². The number of aromatic carboxylic acids is 1. The summed E-state index contributed by atoms with van der Waals surface area (Å²) in [5, 5.41) is 18.3. The molecule has 2 N–H and O–H groups in total. The molecule has 0 fully saturated rings. The van der Waals surface area contributed by atoms with Crippen LogP contribution in [-0.4, -0.2) is 22.2 Å². The molecule has 2 rings (SSSR count). The number of rotatable bonds is 4. The maximum Gasteiger partial charge on any atom is 0.345 e. The summed E-state index contributed by atoms with van der Waals surface area (Å²) in [6, 6.07) is 7.12. The van der Waals surface area contributed by atoms with Crippen LogP contribution in [0.5, 0.6) is 0 Å². The highest BCUT2D eigenvalue weighted by molar-refractivity contribution is 7.20. The Morgan fingerprint density at radius 2 is 2.06 bits per heavy atom. The summed E-state index contributed by atoms with van der Waals surface area (Å²) in [5.74, 6) is -1.84. The van der Waals surface area contributed by atoms with Gasteiger partial charge in [-0.1, -0.05) is 24.3 Å². The van der Waals surface area contributed by atoms with E-state index in [1.807, 2.05) is 18.2 Å². The van der Waals surface area contributed by atoms with Crippen molar-refractivity contribution in [1.82, 2.24) is 0 Å². The molecule has 0 saturated carbocycles. The maximum atomic E-state index is 10.9. The first-order valence-electron chi connectivity index (χ1n) is 5.22. The molecular formula is C13H10O4S. The number of hydrogen-bond acceptors (Lipinski definition) is 3. The molecular weight excluding hydrogens is 252 g/mol. The molecule has 0 unspecified atom stereocenters. The van der Waals surface area contributed by atoms with Crippen molar-refractivity contribution in [2.45, 2.75) is 6.42 Å². The Balaban J connectivity index is 2.41. The van der Waals surface area contributed by atoms with E-state index in [1.54, 1.807) is 18.2 Å². The number of hydrogen-bond donors (Lipinski definition) is 2. The molecule has 4 nitrogen and oxygen atoms in total. The van der Waals surface area contributed by atoms with Gasteiger partial charge in [0.1, 0.15) is 4.88 Å². The minimum Gasteiger partial charge on any atom is -0.481 e. The molecule has 0 amide bonds. The monoisotopic (exact) mass is 262 g/mol. The summed E-state index contributed by atoms with van der Waals surface area (Å²) in [4.78, 5) is 21.6. The molecule has 0 aliphatic carbocycles. The van der Waals surface area contributed by atoms with Gasteiger partial charge in [0, 0.05) is 10.1 Å². The van der Waals surface area contributed by atoms with Crippen LogP contribution in [0.1, 0.15) is 21.7 Å². The fourth-order valence-corrected chi connectivity index (χ4v) is 2.56. The smallest absolute Gasteiger partial charge is 0.345 e. The number of fused-ring (bicyclic) bond motifs is 1. The average molecular weight is 262 g/mol. The first kappa shape index (κ1) is 12.3. The predicted molar refractivity (Wildman–Crippen MR) is 70.1 cm³/mol. The highest BCUT2D eigenvalue weighted by Crippen LogP contribution is 2.29. The normalized spacial score (nSPS) is 11.1. The van der Waals surface area contributed by atoms with Gasteiger partial charge in [0.05, 0.1) is 6.42 Å². The standard InChI is InChI=1S/C13H10O4S/c14-12(15)6-2-4-8-3-1-5-10-9(8)7-11(18-10)13(16)17/h1-5,7H,6H2,(H,14,15)(H,16,17). The second-order valence-electron chi connectivity index (χ2n) is 3.68. The van der Waals surface area contributed by atoms with Gasteiger partial charge in [0.2, 0.25) is 0 Å². The Morgan fingerprint density at radius 1 is 1.28 bits per heavy atom. The van der Waals surface area contributed by atoms with Crippen LogP contribution in [0.25, 0.3) is 16.2 Å². The van der Waals surface area contributed by atoms with E-state index in [1.165, 1.54) is 11.3 Å². The summed E-state index contributed by atoms with van der Waals surface area (Å²) in [6.07, 6.45) is 3.20. The lowest BCUT2D eigenvalue weighted by molar-refractivity contribution is -0.135. The Hall–Kier alpha value is -2.14. The molecule has 0 saturated heterocycles. The van der Waals surface area contributed by atoms with Crippen LogP contribution in [0, 0.1) is 0 Å². The van der Waals surface area contributed by atoms with Crippen molar-refractivity contribution in [3.05, 3.63) is 40.8 Å². The summed E-state index contributed by atoms with van der Waals surface area (Å²) >= 11 is 1.21. The van der Waals surface area contributed by atoms with Crippen molar-refractivity contribution < 1.29 is 19.8 Å². The van der Waals surface area contributed by atoms with Crippen LogP contribution in [0.15, 0.2) is 30.3 Å². The van der Waals surface area contributed by atoms with Gasteiger partial charge < -0.3 is 10.2 Å². The molecule has 2 aromatic rings. The van der Waals surface area contributed by atoms with E-state index in [2.05, 4.69) is 0 Å². The van der Waals surface area contributed by atoms with Crippen molar-refractivity contribution in [2.75, 3.05) is 0 Å². The summed E-state index contributed by atoms with van der Waals surface area (Å²) < 4.78 is 0.880. The molecule has 0 aliphatic heterocycles. The van der Waals surface area contributed by atoms with Crippen molar-refractivity contribution in [3.8, 4) is 0 Å². The van der Waals surface area contributed by atoms with Crippen LogP contribution >= 0.6 is 11.3 Å². The summed E-state index contributed by atoms with van der Waals surface area (Å²) in [7, 11) is 0. The van der Waals surface area contributed by atoms with Crippen molar-refractivity contribution >= 4 is 39.4 Å². The molecule has 1 heterocycles. The third-order valence-corrected chi connectivity index (χ3v) is 3.48. The van der Waals surface area contributed by atoms with Gasteiger partial charge in [-0.05, 0) is 17.7 Å². The molecule has 92 valence electrons. The molecule has 1 aromatic carbocycles. The Morgan fingerprint density at radius 3 is 2.72 bits per heavy atom. The van der Waals surface area contributed by atoms with Crippen LogP contribution in [-0.2, 0) is 4.79 Å². The highest BCUT2D eigenvalue weighted by Gasteiger charge is 2.09. The van der Waals surface area contributed by atoms with Crippen molar-refractivity contribution in [1.29, 1.82) is 0 Å². The molecule has 0 radical (unpaired) electrons. The number of benzene rings is 1. The SMILES string of the molecule is O=C(O)CC=Cc1cccc2sc(C(=O)O)cc12. The predicted octanol–water partition coefficient (Wildman–Crippen LogP) is 3.09. The number of carboxylic acids is 2. The number of thiophene rings is 1. The Kier molecular flexibility index (Phi) is 3.43. The Labute approximate surface area is 107 Å². The Bertz CT molecular complexity index is 639. The quantitative estimate of drug-likeness (QED) is 0.887. The lowest BCUT2D eigenvalue weighted by Crippen LogP contribution is -1.90. The molecule has 18 heavy (non-hydrogen) atoms. The van der Waals surface area contributed by atoms with E-state index in [0.29, 0.717) is 0 Å². The van der Waals surface area contributed by atoms with E-state index >= 15 is 0 Å². The van der Waals surface area contributed by atoms with E-state index < -0.39 is 11.9 Å². The number of aliphatic carboxylic acids is 1. The van der Waals surface area contributed by atoms with Crippen LogP contribution in [0.3, 0.4) is 0 Å². The van der Waals surface area contributed by atoms with Gasteiger partial charge >= 0.3 is 11.9 Å². The van der Waals surface area contributed by atoms with Gasteiger partial charge in [-0.25, -0.2) is 4.79 Å². The summed E-state index contributed by atoms with van der Waals surface area (Å²) in [5.41, 5.74) is 0.831. The zero-order chi connectivity index (χ0) is 13.1. The molecule has 1 aromatic heterocycles. The van der Waals surface area contributed by atoms with Gasteiger partial charge in [-0.2, -0.15) is 0 Å². The molecule has 0 aliphatic rings. The minimum atomic E-state index is -0.948. The molecule has 0 bridgehead atoms. The maximum absolute atomic E-state index is 10.9. The van der Waals surface area contributed by atoms with Gasteiger partial charge in [0.25, 0.3) is 0 Å². The number of carboxylic acid groups (broad SMARTS) is 2. The molecule has 5 heteroatoms. The van der Waals surface area contributed by atoms with Crippen LogP contribution < -0.4 is 0 Å². The van der Waals surface area contributed by atoms with Gasteiger partial charge in [-0.3, -0.25) is 4.79 Å². The largest absolute Gasteiger partial charge is 0.481 e.